The third-order valence-corrected chi connectivity index (χ3v) is 9.82. The van der Waals surface area contributed by atoms with Crippen LogP contribution in [0.15, 0.2) is 35.2 Å². The molecule has 2 saturated carbocycles. The van der Waals surface area contributed by atoms with Crippen LogP contribution in [0.1, 0.15) is 36.5 Å². The van der Waals surface area contributed by atoms with Crippen molar-refractivity contribution in [3.63, 3.8) is 0 Å². The average molecular weight is 534 g/mol. The maximum absolute atomic E-state index is 13.6. The van der Waals surface area contributed by atoms with Crippen molar-refractivity contribution in [1.82, 2.24) is 0 Å². The molecule has 2 fully saturated rings. The first-order valence-electron chi connectivity index (χ1n) is 10.9. The van der Waals surface area contributed by atoms with Crippen molar-refractivity contribution < 1.29 is 41.7 Å². The second-order valence-electron chi connectivity index (χ2n) is 9.13. The number of carbonyl (C=O) groups excluding carboxylic acids is 1. The predicted molar refractivity (Wildman–Crippen MR) is 120 cm³/mol. The van der Waals surface area contributed by atoms with Crippen LogP contribution in [-0.4, -0.2) is 52.7 Å². The minimum absolute atomic E-state index is 0.0359. The Kier molecular flexibility index (Phi) is 6.69. The van der Waals surface area contributed by atoms with Gasteiger partial charge in [0.25, 0.3) is 5.91 Å². The summed E-state index contributed by atoms with van der Waals surface area (Å²) in [6.07, 6.45) is -1.98. The summed E-state index contributed by atoms with van der Waals surface area (Å²) in [6.45, 7) is 1.31. The van der Waals surface area contributed by atoms with Crippen LogP contribution < -0.4 is 5.32 Å². The van der Waals surface area contributed by atoms with E-state index in [4.69, 9.17) is 11.6 Å². The Morgan fingerprint density at radius 3 is 2.37 bits per heavy atom. The number of rotatable bonds is 6. The lowest BCUT2D eigenvalue weighted by molar-refractivity contribution is -0.144. The van der Waals surface area contributed by atoms with E-state index < -0.39 is 68.1 Å². The van der Waals surface area contributed by atoms with Crippen molar-refractivity contribution in [1.29, 1.82) is 0 Å². The Bertz CT molecular complexity index is 1270. The second-order valence-corrected chi connectivity index (χ2v) is 11.7. The molecule has 0 radical (unpaired) electrons. The largest absolute Gasteiger partial charge is 0.391 e. The lowest BCUT2D eigenvalue weighted by Gasteiger charge is -2.36. The zero-order chi connectivity index (χ0) is 25.9. The van der Waals surface area contributed by atoms with Crippen LogP contribution in [0.2, 0.25) is 5.02 Å². The Morgan fingerprint density at radius 1 is 1.14 bits per heavy atom. The maximum atomic E-state index is 13.6. The van der Waals surface area contributed by atoms with Crippen LogP contribution in [0.5, 0.6) is 0 Å². The lowest BCUT2D eigenvalue weighted by atomic mass is 9.83. The predicted octanol–water partition coefficient (Wildman–Crippen LogP) is 3.05. The first kappa shape index (κ1) is 25.9. The van der Waals surface area contributed by atoms with Gasteiger partial charge < -0.3 is 20.6 Å². The summed E-state index contributed by atoms with van der Waals surface area (Å²) < 4.78 is 67.2. The van der Waals surface area contributed by atoms with Crippen LogP contribution in [-0.2, 0) is 9.84 Å². The summed E-state index contributed by atoms with van der Waals surface area (Å²) >= 11 is 6.17. The van der Waals surface area contributed by atoms with E-state index in [1.54, 1.807) is 0 Å². The number of fused-ring (bicyclic) bond motifs is 2. The van der Waals surface area contributed by atoms with E-state index in [1.807, 2.05) is 0 Å². The molecular weight excluding hydrogens is 511 g/mol. The minimum Gasteiger partial charge on any atom is -0.391 e. The number of amides is 1. The van der Waals surface area contributed by atoms with Crippen LogP contribution in [0, 0.1) is 29.3 Å². The summed E-state index contributed by atoms with van der Waals surface area (Å²) in [7, 11) is -4.21. The molecule has 0 aromatic heterocycles. The molecule has 4 rings (SSSR count). The number of aliphatic hydroxyl groups excluding tert-OH is 2. The molecule has 2 aromatic carbocycles. The molecule has 0 heterocycles. The highest BCUT2D eigenvalue weighted by Crippen LogP contribution is 2.57. The fourth-order valence-electron chi connectivity index (χ4n) is 5.43. The average Bonchev–Trinajstić information content (AvgIpc) is 3.27. The minimum atomic E-state index is -4.21. The first-order valence-corrected chi connectivity index (χ1v) is 12.8. The number of hydrogen-bond donors (Lipinski definition) is 4. The number of carbonyl (C=O) groups is 1. The summed E-state index contributed by atoms with van der Waals surface area (Å²) in [6, 6.07) is 4.56. The van der Waals surface area contributed by atoms with E-state index >= 15 is 0 Å². The molecule has 4 unspecified atom stereocenters. The topological polar surface area (TPSA) is 124 Å². The van der Waals surface area contributed by atoms with Crippen molar-refractivity contribution in [3.05, 3.63) is 58.4 Å². The third kappa shape index (κ3) is 4.23. The summed E-state index contributed by atoms with van der Waals surface area (Å²) in [5.74, 6) is -7.05. The van der Waals surface area contributed by atoms with Crippen LogP contribution in [0.25, 0.3) is 0 Å². The normalized spacial score (nSPS) is 27.6. The van der Waals surface area contributed by atoms with Gasteiger partial charge in [0.05, 0.1) is 26.9 Å². The van der Waals surface area contributed by atoms with Gasteiger partial charge in [-0.3, -0.25) is 4.79 Å². The molecule has 2 aliphatic rings. The fourth-order valence-corrected chi connectivity index (χ4v) is 8.10. The summed E-state index contributed by atoms with van der Waals surface area (Å²) in [5.41, 5.74) is -2.36. The van der Waals surface area contributed by atoms with Crippen molar-refractivity contribution in [2.45, 2.75) is 54.1 Å². The van der Waals surface area contributed by atoms with Gasteiger partial charge in [0.15, 0.2) is 27.3 Å². The smallest absolute Gasteiger partial charge is 0.255 e. The van der Waals surface area contributed by atoms with E-state index in [9.17, 15) is 41.7 Å². The highest BCUT2D eigenvalue weighted by Gasteiger charge is 2.65. The van der Waals surface area contributed by atoms with Crippen molar-refractivity contribution in [2.24, 2.45) is 11.8 Å². The molecule has 4 N–H and O–H groups in total. The Morgan fingerprint density at radius 2 is 1.77 bits per heavy atom. The van der Waals surface area contributed by atoms with Gasteiger partial charge in [-0.05, 0) is 50.3 Å². The van der Waals surface area contributed by atoms with Crippen molar-refractivity contribution in [2.75, 3.05) is 5.32 Å². The molecular formula is C23H23ClF3NO6S. The molecule has 2 bridgehead atoms. The van der Waals surface area contributed by atoms with Gasteiger partial charge >= 0.3 is 0 Å². The summed E-state index contributed by atoms with van der Waals surface area (Å²) in [4.78, 5) is 12.3. The number of aliphatic hydroxyl groups is 3. The van der Waals surface area contributed by atoms with Crippen LogP contribution in [0.3, 0.4) is 0 Å². The van der Waals surface area contributed by atoms with Gasteiger partial charge in [-0.2, -0.15) is 0 Å². The number of hydrogen-bond acceptors (Lipinski definition) is 6. The highest BCUT2D eigenvalue weighted by atomic mass is 35.5. The zero-order valence-electron chi connectivity index (χ0n) is 18.4. The Balaban J connectivity index is 1.64. The number of benzene rings is 2. The number of halogens is 4. The van der Waals surface area contributed by atoms with E-state index in [-0.39, 0.29) is 27.6 Å². The standard InChI is InChI=1S/C23H23ClF3NO6S/c1-10(29)21(30)23(32)12-3-4-14(23)18(7-12)35(33,34)19-6-11(2-5-15(19)24)22(31)28-13-8-16(25)20(27)17(26)9-13/h2,5-6,8-10,12,14,18,21,29-30,32H,3-4,7H2,1H3,(H,28,31)/t10?,12?,14?,18-,21?,23-/m1/s1. The monoisotopic (exact) mass is 533 g/mol. The van der Waals surface area contributed by atoms with Crippen LogP contribution in [0.4, 0.5) is 18.9 Å². The third-order valence-electron chi connectivity index (χ3n) is 7.11. The first-order chi connectivity index (χ1) is 16.3. The summed E-state index contributed by atoms with van der Waals surface area (Å²) in [5, 5.41) is 32.3. The maximum Gasteiger partial charge on any atom is 0.255 e. The second kappa shape index (κ2) is 9.04. The highest BCUT2D eigenvalue weighted by molar-refractivity contribution is 7.92. The molecule has 190 valence electrons. The molecule has 1 amide bonds. The van der Waals surface area contributed by atoms with Crippen molar-refractivity contribution >= 4 is 33.0 Å². The number of nitrogens with one attached hydrogen (secondary N) is 1. The lowest BCUT2D eigenvalue weighted by Crippen LogP contribution is -2.53. The van der Waals surface area contributed by atoms with E-state index in [2.05, 4.69) is 5.32 Å². The van der Waals surface area contributed by atoms with Gasteiger partial charge in [0.2, 0.25) is 0 Å². The molecule has 2 aromatic rings. The molecule has 2 aliphatic carbocycles. The Hall–Kier alpha value is -2.18. The Labute approximate surface area is 204 Å². The molecule has 35 heavy (non-hydrogen) atoms. The van der Waals surface area contributed by atoms with Gasteiger partial charge in [0.1, 0.15) is 6.10 Å². The van der Waals surface area contributed by atoms with Crippen LogP contribution >= 0.6 is 11.6 Å². The number of anilines is 1. The molecule has 7 nitrogen and oxygen atoms in total. The molecule has 6 atom stereocenters. The fraction of sp³-hybridized carbons (Fsp3) is 0.435. The molecule has 12 heteroatoms. The van der Waals surface area contributed by atoms with Gasteiger partial charge in [0, 0.05) is 29.3 Å². The molecule has 0 spiro atoms. The van der Waals surface area contributed by atoms with Gasteiger partial charge in [-0.15, -0.1) is 0 Å². The van der Waals surface area contributed by atoms with E-state index in [0.29, 0.717) is 25.0 Å². The van der Waals surface area contributed by atoms with Crippen molar-refractivity contribution in [3.8, 4) is 0 Å². The molecule has 0 aliphatic heterocycles. The van der Waals surface area contributed by atoms with E-state index in [1.165, 1.54) is 19.1 Å². The van der Waals surface area contributed by atoms with Gasteiger partial charge in [-0.25, -0.2) is 21.6 Å². The quantitative estimate of drug-likeness (QED) is 0.423. The zero-order valence-corrected chi connectivity index (χ0v) is 20.0. The molecule has 0 saturated heterocycles. The van der Waals surface area contributed by atoms with Gasteiger partial charge in [-0.1, -0.05) is 11.6 Å². The SMILES string of the molecule is CC(O)C(O)[C@@]1(O)C2CCC1[C@H](S(=O)(=O)c1cc(C(=O)Nc3cc(F)c(F)c(F)c3)ccc1Cl)C2. The number of sulfone groups is 1. The van der Waals surface area contributed by atoms with E-state index in [0.717, 1.165) is 6.07 Å².